The van der Waals surface area contributed by atoms with Gasteiger partial charge in [0.1, 0.15) is 0 Å². The van der Waals surface area contributed by atoms with Crippen LogP contribution in [0.3, 0.4) is 0 Å². The number of nitrogens with one attached hydrogen (secondary N) is 1. The summed E-state index contributed by atoms with van der Waals surface area (Å²) in [7, 11) is 0. The number of imidazole rings is 1. The Labute approximate surface area is 181 Å². The van der Waals surface area contributed by atoms with Crippen LogP contribution in [-0.4, -0.2) is 21.2 Å². The van der Waals surface area contributed by atoms with Gasteiger partial charge in [-0.3, -0.25) is 4.79 Å². The van der Waals surface area contributed by atoms with E-state index in [4.69, 9.17) is 0 Å². The predicted octanol–water partition coefficient (Wildman–Crippen LogP) is 5.83. The summed E-state index contributed by atoms with van der Waals surface area (Å²) in [5.74, 6) is -0.593. The summed E-state index contributed by atoms with van der Waals surface area (Å²) in [6.07, 6.45) is -4.54. The first kappa shape index (κ1) is 21.0. The number of fused-ring (bicyclic) bond motifs is 1. The molecular weight excluding hydrogens is 423 g/mol. The van der Waals surface area contributed by atoms with Crippen molar-refractivity contribution in [2.24, 2.45) is 0 Å². The molecule has 31 heavy (non-hydrogen) atoms. The summed E-state index contributed by atoms with van der Waals surface area (Å²) in [5.41, 5.74) is 1.68. The van der Waals surface area contributed by atoms with Gasteiger partial charge < -0.3 is 9.88 Å². The Bertz CT molecular complexity index is 1210. The zero-order chi connectivity index (χ0) is 21.8. The van der Waals surface area contributed by atoms with Crippen molar-refractivity contribution in [3.05, 3.63) is 90.0 Å². The fraction of sp³-hybridized carbons (Fsp3) is 0.130. The standard InChI is InChI=1S/C23H18F3N3OS/c24-23(25,26)17-10-4-5-11-18(17)27-21(30)15-31-22-28-19-12-6-7-13-20(19)29(22)14-16-8-2-1-3-9-16/h1-13H,14-15H2,(H,27,30). The molecule has 1 amide bonds. The lowest BCUT2D eigenvalue weighted by Gasteiger charge is -2.13. The minimum Gasteiger partial charge on any atom is -0.325 e. The average Bonchev–Trinajstić information content (AvgIpc) is 3.10. The van der Waals surface area contributed by atoms with Gasteiger partial charge in [-0.25, -0.2) is 4.98 Å². The molecule has 0 aliphatic rings. The minimum atomic E-state index is -4.54. The van der Waals surface area contributed by atoms with Crippen LogP contribution in [0, 0.1) is 0 Å². The van der Waals surface area contributed by atoms with E-state index in [0.717, 1.165) is 22.7 Å². The van der Waals surface area contributed by atoms with E-state index in [9.17, 15) is 18.0 Å². The van der Waals surface area contributed by atoms with Gasteiger partial charge in [-0.15, -0.1) is 0 Å². The molecule has 0 spiro atoms. The zero-order valence-electron chi connectivity index (χ0n) is 16.3. The summed E-state index contributed by atoms with van der Waals surface area (Å²) in [6, 6.07) is 22.4. The molecular formula is C23H18F3N3OS. The van der Waals surface area contributed by atoms with Crippen molar-refractivity contribution in [2.45, 2.75) is 17.9 Å². The predicted molar refractivity (Wildman–Crippen MR) is 116 cm³/mol. The number of aromatic nitrogens is 2. The van der Waals surface area contributed by atoms with Crippen LogP contribution in [-0.2, 0) is 17.5 Å². The van der Waals surface area contributed by atoms with Crippen LogP contribution in [0.5, 0.6) is 0 Å². The smallest absolute Gasteiger partial charge is 0.325 e. The highest BCUT2D eigenvalue weighted by Gasteiger charge is 2.33. The van der Waals surface area contributed by atoms with E-state index in [0.29, 0.717) is 11.7 Å². The molecule has 0 radical (unpaired) electrons. The molecule has 3 aromatic carbocycles. The number of para-hydroxylation sites is 3. The van der Waals surface area contributed by atoms with Crippen LogP contribution < -0.4 is 5.32 Å². The van der Waals surface area contributed by atoms with Gasteiger partial charge in [-0.1, -0.05) is 66.4 Å². The molecule has 4 rings (SSSR count). The van der Waals surface area contributed by atoms with Crippen LogP contribution >= 0.6 is 11.8 Å². The van der Waals surface area contributed by atoms with Gasteiger partial charge in [-0.05, 0) is 29.8 Å². The molecule has 4 nitrogen and oxygen atoms in total. The second-order valence-corrected chi connectivity index (χ2v) is 7.78. The number of halogens is 3. The largest absolute Gasteiger partial charge is 0.418 e. The average molecular weight is 441 g/mol. The highest BCUT2D eigenvalue weighted by Crippen LogP contribution is 2.34. The van der Waals surface area contributed by atoms with Crippen molar-refractivity contribution in [2.75, 3.05) is 11.1 Å². The molecule has 0 bridgehead atoms. The Kier molecular flexibility index (Phi) is 5.99. The number of benzene rings is 3. The molecule has 0 aliphatic heterocycles. The molecule has 1 heterocycles. The lowest BCUT2D eigenvalue weighted by atomic mass is 10.1. The molecule has 1 N–H and O–H groups in total. The van der Waals surface area contributed by atoms with Crippen LogP contribution in [0.4, 0.5) is 18.9 Å². The summed E-state index contributed by atoms with van der Waals surface area (Å²) in [5, 5.41) is 3.00. The van der Waals surface area contributed by atoms with Gasteiger partial charge in [-0.2, -0.15) is 13.2 Å². The van der Waals surface area contributed by atoms with Crippen molar-refractivity contribution in [3.63, 3.8) is 0 Å². The first-order chi connectivity index (χ1) is 14.9. The van der Waals surface area contributed by atoms with E-state index in [1.165, 1.54) is 30.0 Å². The maximum absolute atomic E-state index is 13.2. The summed E-state index contributed by atoms with van der Waals surface area (Å²) in [4.78, 5) is 17.0. The molecule has 0 aliphatic carbocycles. The molecule has 4 aromatic rings. The third-order valence-corrected chi connectivity index (χ3v) is 5.62. The molecule has 0 saturated heterocycles. The second-order valence-electron chi connectivity index (χ2n) is 6.84. The lowest BCUT2D eigenvalue weighted by molar-refractivity contribution is -0.137. The summed E-state index contributed by atoms with van der Waals surface area (Å²) < 4.78 is 41.5. The third kappa shape index (κ3) is 4.91. The first-order valence-corrected chi connectivity index (χ1v) is 10.5. The van der Waals surface area contributed by atoms with E-state index >= 15 is 0 Å². The van der Waals surface area contributed by atoms with Crippen LogP contribution in [0.15, 0.2) is 84.0 Å². The van der Waals surface area contributed by atoms with Gasteiger partial charge in [0.2, 0.25) is 5.91 Å². The number of rotatable bonds is 6. The molecule has 158 valence electrons. The van der Waals surface area contributed by atoms with E-state index in [-0.39, 0.29) is 11.4 Å². The van der Waals surface area contributed by atoms with Gasteiger partial charge in [0.15, 0.2) is 5.16 Å². The number of alkyl halides is 3. The second kappa shape index (κ2) is 8.85. The number of carbonyl (C=O) groups is 1. The Balaban J connectivity index is 1.53. The fourth-order valence-electron chi connectivity index (χ4n) is 3.24. The van der Waals surface area contributed by atoms with Crippen molar-refractivity contribution < 1.29 is 18.0 Å². The van der Waals surface area contributed by atoms with E-state index in [2.05, 4.69) is 10.3 Å². The van der Waals surface area contributed by atoms with Gasteiger partial charge in [0.25, 0.3) is 0 Å². The third-order valence-electron chi connectivity index (χ3n) is 4.64. The van der Waals surface area contributed by atoms with E-state index in [1.807, 2.05) is 59.2 Å². The molecule has 0 saturated carbocycles. The monoisotopic (exact) mass is 441 g/mol. The Morgan fingerprint density at radius 2 is 1.61 bits per heavy atom. The van der Waals surface area contributed by atoms with Crippen molar-refractivity contribution >= 4 is 34.4 Å². The maximum Gasteiger partial charge on any atom is 0.418 e. The van der Waals surface area contributed by atoms with Crippen LogP contribution in [0.1, 0.15) is 11.1 Å². The Hall–Kier alpha value is -3.26. The van der Waals surface area contributed by atoms with Crippen molar-refractivity contribution in [1.29, 1.82) is 0 Å². The topological polar surface area (TPSA) is 46.9 Å². The maximum atomic E-state index is 13.2. The molecule has 1 aromatic heterocycles. The normalized spacial score (nSPS) is 11.6. The number of nitrogens with zero attached hydrogens (tertiary/aromatic N) is 2. The minimum absolute atomic E-state index is 0.0652. The number of carbonyl (C=O) groups excluding carboxylic acids is 1. The first-order valence-electron chi connectivity index (χ1n) is 9.50. The highest BCUT2D eigenvalue weighted by molar-refractivity contribution is 7.99. The van der Waals surface area contributed by atoms with E-state index < -0.39 is 17.6 Å². The highest BCUT2D eigenvalue weighted by atomic mass is 32.2. The number of hydrogen-bond acceptors (Lipinski definition) is 3. The fourth-order valence-corrected chi connectivity index (χ4v) is 4.05. The zero-order valence-corrected chi connectivity index (χ0v) is 17.1. The number of anilines is 1. The van der Waals surface area contributed by atoms with Crippen LogP contribution in [0.25, 0.3) is 11.0 Å². The molecule has 0 unspecified atom stereocenters. The lowest BCUT2D eigenvalue weighted by Crippen LogP contribution is -2.18. The van der Waals surface area contributed by atoms with E-state index in [1.54, 1.807) is 0 Å². The summed E-state index contributed by atoms with van der Waals surface area (Å²) >= 11 is 1.19. The van der Waals surface area contributed by atoms with Gasteiger partial charge >= 0.3 is 6.18 Å². The molecule has 0 fully saturated rings. The Morgan fingerprint density at radius 3 is 2.39 bits per heavy atom. The molecule has 0 atom stereocenters. The number of hydrogen-bond donors (Lipinski definition) is 1. The molecule has 8 heteroatoms. The SMILES string of the molecule is O=C(CSc1nc2ccccc2n1Cc1ccccc1)Nc1ccccc1C(F)(F)F. The van der Waals surface area contributed by atoms with Gasteiger partial charge in [0.05, 0.1) is 34.6 Å². The number of amides is 1. The number of thioether (sulfide) groups is 1. The van der Waals surface area contributed by atoms with Gasteiger partial charge in [0, 0.05) is 0 Å². The van der Waals surface area contributed by atoms with Crippen LogP contribution in [0.2, 0.25) is 0 Å². The Morgan fingerprint density at radius 1 is 0.935 bits per heavy atom. The quantitative estimate of drug-likeness (QED) is 0.383. The van der Waals surface area contributed by atoms with Crippen molar-refractivity contribution in [3.8, 4) is 0 Å². The van der Waals surface area contributed by atoms with Crippen molar-refractivity contribution in [1.82, 2.24) is 9.55 Å². The summed E-state index contributed by atoms with van der Waals surface area (Å²) in [6.45, 7) is 0.572.